The van der Waals surface area contributed by atoms with Gasteiger partial charge >= 0.3 is 0 Å². The van der Waals surface area contributed by atoms with Gasteiger partial charge in [0.2, 0.25) is 0 Å². The predicted octanol–water partition coefficient (Wildman–Crippen LogP) is 6.65. The van der Waals surface area contributed by atoms with Crippen LogP contribution in [-0.4, -0.2) is 0 Å². The average Bonchev–Trinajstić information content (AvgIpc) is 2.48. The van der Waals surface area contributed by atoms with Crippen LogP contribution in [0.4, 0.5) is 0 Å². The number of aryl methyl sites for hydroxylation is 1. The van der Waals surface area contributed by atoms with Crippen LogP contribution in [0.5, 0.6) is 0 Å². The minimum absolute atomic E-state index is 0.212. The van der Waals surface area contributed by atoms with Crippen LogP contribution in [0.2, 0.25) is 5.02 Å². The third-order valence-electron chi connectivity index (χ3n) is 3.89. The molecule has 2 heteroatoms. The van der Waals surface area contributed by atoms with Crippen molar-refractivity contribution in [1.82, 2.24) is 0 Å². The highest BCUT2D eigenvalue weighted by Crippen LogP contribution is 2.33. The monoisotopic (exact) mass is 350 g/mol. The van der Waals surface area contributed by atoms with E-state index in [1.165, 1.54) is 23.1 Å². The third kappa shape index (κ3) is 3.45. The smallest absolute Gasteiger partial charge is 0.0644 e. The SMILES string of the molecule is CCC(C)c1ccc(C(Br)c2ccc(Cl)c(C)c2)cc1. The van der Waals surface area contributed by atoms with Gasteiger partial charge in [0.1, 0.15) is 0 Å². The molecule has 2 aromatic rings. The Morgan fingerprint density at radius 2 is 1.55 bits per heavy atom. The van der Waals surface area contributed by atoms with E-state index in [-0.39, 0.29) is 4.83 Å². The molecule has 0 radical (unpaired) electrons. The maximum atomic E-state index is 6.09. The summed E-state index contributed by atoms with van der Waals surface area (Å²) < 4.78 is 0. The fourth-order valence-corrected chi connectivity index (χ4v) is 2.95. The highest BCUT2D eigenvalue weighted by atomic mass is 79.9. The first kappa shape index (κ1) is 15.6. The summed E-state index contributed by atoms with van der Waals surface area (Å²) in [5, 5.41) is 0.820. The molecular formula is C18H20BrCl. The second kappa shape index (κ2) is 6.78. The van der Waals surface area contributed by atoms with E-state index in [1.54, 1.807) is 0 Å². The van der Waals surface area contributed by atoms with E-state index in [0.29, 0.717) is 5.92 Å². The molecular weight excluding hydrogens is 332 g/mol. The Morgan fingerprint density at radius 1 is 1.00 bits per heavy atom. The van der Waals surface area contributed by atoms with Gasteiger partial charge < -0.3 is 0 Å². The molecule has 0 saturated carbocycles. The van der Waals surface area contributed by atoms with Crippen LogP contribution >= 0.6 is 27.5 Å². The molecule has 106 valence electrons. The summed E-state index contributed by atoms with van der Waals surface area (Å²) >= 11 is 9.88. The average molecular weight is 352 g/mol. The van der Waals surface area contributed by atoms with Crippen molar-refractivity contribution < 1.29 is 0 Å². The van der Waals surface area contributed by atoms with E-state index in [9.17, 15) is 0 Å². The van der Waals surface area contributed by atoms with Crippen LogP contribution in [-0.2, 0) is 0 Å². The molecule has 0 fully saturated rings. The first-order valence-corrected chi connectivity index (χ1v) is 8.32. The van der Waals surface area contributed by atoms with Crippen LogP contribution in [0.25, 0.3) is 0 Å². The molecule has 0 amide bonds. The number of benzene rings is 2. The Kier molecular flexibility index (Phi) is 5.29. The summed E-state index contributed by atoms with van der Waals surface area (Å²) in [5.74, 6) is 0.621. The lowest BCUT2D eigenvalue weighted by Gasteiger charge is -2.14. The van der Waals surface area contributed by atoms with E-state index < -0.39 is 0 Å². The molecule has 0 aliphatic carbocycles. The number of rotatable bonds is 4. The van der Waals surface area contributed by atoms with E-state index in [4.69, 9.17) is 11.6 Å². The standard InChI is InChI=1S/C18H20BrCl/c1-4-12(2)14-5-7-15(8-6-14)18(19)16-9-10-17(20)13(3)11-16/h5-12,18H,4H2,1-3H3. The molecule has 0 spiro atoms. The molecule has 2 unspecified atom stereocenters. The second-order valence-corrected chi connectivity index (χ2v) is 6.67. The molecule has 0 saturated heterocycles. The van der Waals surface area contributed by atoms with Crippen LogP contribution < -0.4 is 0 Å². The van der Waals surface area contributed by atoms with Crippen molar-refractivity contribution >= 4 is 27.5 Å². The van der Waals surface area contributed by atoms with Crippen LogP contribution in [0, 0.1) is 6.92 Å². The third-order valence-corrected chi connectivity index (χ3v) is 5.37. The minimum atomic E-state index is 0.212. The van der Waals surface area contributed by atoms with Gasteiger partial charge in [-0.3, -0.25) is 0 Å². The quantitative estimate of drug-likeness (QED) is 0.541. The largest absolute Gasteiger partial charge is 0.0841 e. The summed E-state index contributed by atoms with van der Waals surface area (Å²) in [4.78, 5) is 0.212. The predicted molar refractivity (Wildman–Crippen MR) is 92.1 cm³/mol. The van der Waals surface area contributed by atoms with E-state index in [2.05, 4.69) is 66.2 Å². The fourth-order valence-electron chi connectivity index (χ4n) is 2.25. The summed E-state index contributed by atoms with van der Waals surface area (Å²) in [6.07, 6.45) is 1.17. The van der Waals surface area contributed by atoms with Gasteiger partial charge in [-0.05, 0) is 47.6 Å². The van der Waals surface area contributed by atoms with Crippen molar-refractivity contribution in [2.75, 3.05) is 0 Å². The van der Waals surface area contributed by atoms with Gasteiger partial charge in [-0.1, -0.05) is 77.8 Å². The van der Waals surface area contributed by atoms with Crippen molar-refractivity contribution in [2.24, 2.45) is 0 Å². The lowest BCUT2D eigenvalue weighted by atomic mass is 9.96. The van der Waals surface area contributed by atoms with Crippen LogP contribution in [0.15, 0.2) is 42.5 Å². The zero-order valence-corrected chi connectivity index (χ0v) is 14.5. The van der Waals surface area contributed by atoms with Crippen molar-refractivity contribution in [3.05, 3.63) is 69.7 Å². The molecule has 0 heterocycles. The number of hydrogen-bond donors (Lipinski definition) is 0. The first-order valence-electron chi connectivity index (χ1n) is 7.03. The lowest BCUT2D eigenvalue weighted by Crippen LogP contribution is -1.96. The molecule has 2 rings (SSSR count). The van der Waals surface area contributed by atoms with Crippen LogP contribution in [0.3, 0.4) is 0 Å². The molecule has 2 atom stereocenters. The zero-order chi connectivity index (χ0) is 14.7. The molecule has 0 aliphatic heterocycles. The van der Waals surface area contributed by atoms with Gasteiger partial charge in [0, 0.05) is 5.02 Å². The van der Waals surface area contributed by atoms with Crippen molar-refractivity contribution in [3.8, 4) is 0 Å². The zero-order valence-electron chi connectivity index (χ0n) is 12.2. The van der Waals surface area contributed by atoms with Gasteiger partial charge in [-0.15, -0.1) is 0 Å². The van der Waals surface area contributed by atoms with Gasteiger partial charge in [0.15, 0.2) is 0 Å². The van der Waals surface area contributed by atoms with E-state index in [1.807, 2.05) is 13.0 Å². The summed E-state index contributed by atoms with van der Waals surface area (Å²) in [7, 11) is 0. The maximum absolute atomic E-state index is 6.09. The number of hydrogen-bond acceptors (Lipinski definition) is 0. The minimum Gasteiger partial charge on any atom is -0.0841 e. The Morgan fingerprint density at radius 3 is 2.10 bits per heavy atom. The summed E-state index contributed by atoms with van der Waals surface area (Å²) in [6, 6.07) is 15.1. The molecule has 20 heavy (non-hydrogen) atoms. The second-order valence-electron chi connectivity index (χ2n) is 5.35. The van der Waals surface area contributed by atoms with Gasteiger partial charge in [-0.25, -0.2) is 0 Å². The molecule has 0 N–H and O–H groups in total. The maximum Gasteiger partial charge on any atom is 0.0644 e. The van der Waals surface area contributed by atoms with Gasteiger partial charge in [-0.2, -0.15) is 0 Å². The van der Waals surface area contributed by atoms with Crippen molar-refractivity contribution in [3.63, 3.8) is 0 Å². The van der Waals surface area contributed by atoms with Gasteiger partial charge in [0.05, 0.1) is 4.83 Å². The molecule has 0 bridgehead atoms. The molecule has 0 aliphatic rings. The molecule has 2 aromatic carbocycles. The van der Waals surface area contributed by atoms with Crippen molar-refractivity contribution in [2.45, 2.75) is 37.9 Å². The molecule has 0 nitrogen and oxygen atoms in total. The Balaban J connectivity index is 2.24. The number of alkyl halides is 1. The Labute approximate surface area is 135 Å². The normalized spacial score (nSPS) is 14.1. The topological polar surface area (TPSA) is 0 Å². The van der Waals surface area contributed by atoms with Crippen LogP contribution in [0.1, 0.15) is 53.3 Å². The first-order chi connectivity index (χ1) is 9.52. The molecule has 0 aromatic heterocycles. The lowest BCUT2D eigenvalue weighted by molar-refractivity contribution is 0.733. The highest BCUT2D eigenvalue weighted by Gasteiger charge is 2.12. The Bertz CT molecular complexity index is 574. The van der Waals surface area contributed by atoms with Gasteiger partial charge in [0.25, 0.3) is 0 Å². The fraction of sp³-hybridized carbons (Fsp3) is 0.333. The summed E-state index contributed by atoms with van der Waals surface area (Å²) in [5.41, 5.74) is 5.04. The Hall–Kier alpha value is -0.790. The van der Waals surface area contributed by atoms with E-state index in [0.717, 1.165) is 10.6 Å². The summed E-state index contributed by atoms with van der Waals surface area (Å²) in [6.45, 7) is 6.53. The highest BCUT2D eigenvalue weighted by molar-refractivity contribution is 9.09. The van der Waals surface area contributed by atoms with E-state index >= 15 is 0 Å². The van der Waals surface area contributed by atoms with Crippen molar-refractivity contribution in [1.29, 1.82) is 0 Å². The number of halogens is 2.